The molecular weight excluding hydrogens is 228 g/mol. The Morgan fingerprint density at radius 1 is 1.39 bits per heavy atom. The summed E-state index contributed by atoms with van der Waals surface area (Å²) >= 11 is 0. The molecule has 2 rings (SSSR count). The molecule has 5 nitrogen and oxygen atoms in total. The van der Waals surface area contributed by atoms with E-state index in [9.17, 15) is 4.79 Å². The van der Waals surface area contributed by atoms with Gasteiger partial charge in [-0.15, -0.1) is 0 Å². The fraction of sp³-hybridized carbons (Fsp3) is 0.692. The number of rotatable bonds is 1. The maximum absolute atomic E-state index is 12.4. The molecule has 18 heavy (non-hydrogen) atoms. The molecule has 0 bridgehead atoms. The van der Waals surface area contributed by atoms with Gasteiger partial charge < -0.3 is 10.6 Å². The monoisotopic (exact) mass is 250 g/mol. The van der Waals surface area contributed by atoms with Crippen LogP contribution in [0.2, 0.25) is 0 Å². The molecule has 5 heteroatoms. The molecule has 1 amide bonds. The molecule has 2 N–H and O–H groups in total. The van der Waals surface area contributed by atoms with E-state index in [0.717, 1.165) is 25.9 Å². The average Bonchev–Trinajstić information content (AvgIpc) is 2.53. The van der Waals surface area contributed by atoms with Crippen LogP contribution in [0.5, 0.6) is 0 Å². The molecule has 0 saturated carbocycles. The van der Waals surface area contributed by atoms with E-state index in [1.165, 1.54) is 11.1 Å². The molecule has 0 atom stereocenters. The lowest BCUT2D eigenvalue weighted by atomic mass is 9.85. The van der Waals surface area contributed by atoms with Crippen LogP contribution >= 0.6 is 0 Å². The van der Waals surface area contributed by atoms with Gasteiger partial charge in [0.1, 0.15) is 11.4 Å². The minimum atomic E-state index is 0.0123. The van der Waals surface area contributed by atoms with Crippen molar-refractivity contribution in [3.05, 3.63) is 11.8 Å². The standard InChI is InChI=1S/C13H22N4O/c1-13(2)5-4-7-17(8-6-13)12(18)10-9-15-16(3)11(10)14/h9H,4-8,14H2,1-3H3. The van der Waals surface area contributed by atoms with Gasteiger partial charge in [0.05, 0.1) is 6.20 Å². The third-order valence-corrected chi connectivity index (χ3v) is 3.84. The topological polar surface area (TPSA) is 64.2 Å². The van der Waals surface area contributed by atoms with Crippen LogP contribution < -0.4 is 5.73 Å². The van der Waals surface area contributed by atoms with E-state index in [-0.39, 0.29) is 5.91 Å². The molecule has 1 aromatic rings. The largest absolute Gasteiger partial charge is 0.383 e. The lowest BCUT2D eigenvalue weighted by Crippen LogP contribution is -2.32. The summed E-state index contributed by atoms with van der Waals surface area (Å²) in [6, 6.07) is 0. The van der Waals surface area contributed by atoms with Gasteiger partial charge in [0.25, 0.3) is 5.91 Å². The lowest BCUT2D eigenvalue weighted by Gasteiger charge is -2.23. The second-order valence-electron chi connectivity index (χ2n) is 5.88. The first-order valence-electron chi connectivity index (χ1n) is 6.47. The number of aryl methyl sites for hydroxylation is 1. The van der Waals surface area contributed by atoms with Crippen molar-refractivity contribution in [3.8, 4) is 0 Å². The number of hydrogen-bond donors (Lipinski definition) is 1. The van der Waals surface area contributed by atoms with Gasteiger partial charge in [-0.25, -0.2) is 0 Å². The predicted molar refractivity (Wildman–Crippen MR) is 71.2 cm³/mol. The third kappa shape index (κ3) is 2.49. The van der Waals surface area contributed by atoms with Crippen LogP contribution in [0.4, 0.5) is 5.82 Å². The van der Waals surface area contributed by atoms with E-state index in [1.54, 1.807) is 13.2 Å². The second kappa shape index (κ2) is 4.63. The molecule has 1 saturated heterocycles. The number of carbonyl (C=O) groups is 1. The van der Waals surface area contributed by atoms with Gasteiger partial charge >= 0.3 is 0 Å². The Morgan fingerprint density at radius 3 is 2.72 bits per heavy atom. The molecule has 1 aliphatic heterocycles. The van der Waals surface area contributed by atoms with Crippen LogP contribution in [0.3, 0.4) is 0 Å². The highest BCUT2D eigenvalue weighted by Crippen LogP contribution is 2.30. The number of nitrogen functional groups attached to an aromatic ring is 1. The summed E-state index contributed by atoms with van der Waals surface area (Å²) < 4.78 is 1.54. The zero-order valence-electron chi connectivity index (χ0n) is 11.4. The first kappa shape index (κ1) is 12.9. The molecule has 2 heterocycles. The molecule has 100 valence electrons. The summed E-state index contributed by atoms with van der Waals surface area (Å²) in [5.74, 6) is 0.460. The molecule has 0 aliphatic carbocycles. The number of nitrogens with two attached hydrogens (primary N) is 1. The van der Waals surface area contributed by atoms with E-state index in [4.69, 9.17) is 5.73 Å². The highest BCUT2D eigenvalue weighted by atomic mass is 16.2. The zero-order chi connectivity index (χ0) is 13.3. The first-order valence-corrected chi connectivity index (χ1v) is 6.47. The van der Waals surface area contributed by atoms with Crippen LogP contribution in [-0.4, -0.2) is 33.7 Å². The summed E-state index contributed by atoms with van der Waals surface area (Å²) in [6.45, 7) is 6.15. The van der Waals surface area contributed by atoms with Crippen molar-refractivity contribution in [3.63, 3.8) is 0 Å². The van der Waals surface area contributed by atoms with E-state index in [0.29, 0.717) is 16.8 Å². The van der Waals surface area contributed by atoms with Crippen LogP contribution in [0.15, 0.2) is 6.20 Å². The number of likely N-dealkylation sites (tertiary alicyclic amines) is 1. The summed E-state index contributed by atoms with van der Waals surface area (Å²) in [7, 11) is 1.75. The maximum Gasteiger partial charge on any atom is 0.259 e. The van der Waals surface area contributed by atoms with Crippen molar-refractivity contribution < 1.29 is 4.79 Å². The van der Waals surface area contributed by atoms with Gasteiger partial charge in [-0.3, -0.25) is 9.48 Å². The molecular formula is C13H22N4O. The SMILES string of the molecule is Cn1ncc(C(=O)N2CCCC(C)(C)CC2)c1N. The Balaban J connectivity index is 2.12. The molecule has 0 unspecified atom stereocenters. The van der Waals surface area contributed by atoms with E-state index in [1.807, 2.05) is 4.90 Å². The molecule has 0 radical (unpaired) electrons. The Morgan fingerprint density at radius 2 is 2.11 bits per heavy atom. The van der Waals surface area contributed by atoms with Crippen LogP contribution in [0, 0.1) is 5.41 Å². The highest BCUT2D eigenvalue weighted by molar-refractivity contribution is 5.98. The highest BCUT2D eigenvalue weighted by Gasteiger charge is 2.27. The van der Waals surface area contributed by atoms with Gasteiger partial charge in [-0.1, -0.05) is 13.8 Å². The number of nitrogens with zero attached hydrogens (tertiary/aromatic N) is 3. The summed E-state index contributed by atoms with van der Waals surface area (Å²) in [4.78, 5) is 14.3. The van der Waals surface area contributed by atoms with Crippen molar-refractivity contribution in [1.29, 1.82) is 0 Å². The number of aromatic nitrogens is 2. The molecule has 1 aliphatic rings. The molecule has 1 aromatic heterocycles. The van der Waals surface area contributed by atoms with Crippen LogP contribution in [0.25, 0.3) is 0 Å². The van der Waals surface area contributed by atoms with Crippen molar-refractivity contribution >= 4 is 11.7 Å². The average molecular weight is 250 g/mol. The molecule has 0 spiro atoms. The number of carbonyl (C=O) groups excluding carboxylic acids is 1. The minimum absolute atomic E-state index is 0.0123. The Bertz CT molecular complexity index is 450. The Labute approximate surface area is 108 Å². The van der Waals surface area contributed by atoms with E-state index < -0.39 is 0 Å². The smallest absolute Gasteiger partial charge is 0.259 e. The first-order chi connectivity index (χ1) is 8.41. The fourth-order valence-electron chi connectivity index (χ4n) is 2.41. The zero-order valence-corrected chi connectivity index (χ0v) is 11.4. The normalized spacial score (nSPS) is 19.6. The van der Waals surface area contributed by atoms with Crippen molar-refractivity contribution in [2.24, 2.45) is 12.5 Å². The van der Waals surface area contributed by atoms with Crippen molar-refractivity contribution in [2.45, 2.75) is 33.1 Å². The minimum Gasteiger partial charge on any atom is -0.383 e. The Kier molecular flexibility index (Phi) is 3.32. The maximum atomic E-state index is 12.4. The van der Waals surface area contributed by atoms with Gasteiger partial charge in [0.15, 0.2) is 0 Å². The molecule has 1 fully saturated rings. The van der Waals surface area contributed by atoms with E-state index >= 15 is 0 Å². The fourth-order valence-corrected chi connectivity index (χ4v) is 2.41. The molecule has 0 aromatic carbocycles. The van der Waals surface area contributed by atoms with Crippen molar-refractivity contribution in [2.75, 3.05) is 18.8 Å². The van der Waals surface area contributed by atoms with Crippen LogP contribution in [0.1, 0.15) is 43.5 Å². The van der Waals surface area contributed by atoms with E-state index in [2.05, 4.69) is 18.9 Å². The lowest BCUT2D eigenvalue weighted by molar-refractivity contribution is 0.0758. The van der Waals surface area contributed by atoms with Gasteiger partial charge in [-0.05, 0) is 24.7 Å². The Hall–Kier alpha value is -1.52. The summed E-state index contributed by atoms with van der Waals surface area (Å²) in [5, 5.41) is 4.03. The predicted octanol–water partition coefficient (Wildman–Crippen LogP) is 1.65. The quantitative estimate of drug-likeness (QED) is 0.824. The van der Waals surface area contributed by atoms with Crippen LogP contribution in [-0.2, 0) is 7.05 Å². The number of anilines is 1. The van der Waals surface area contributed by atoms with Gasteiger partial charge in [-0.2, -0.15) is 5.10 Å². The number of amides is 1. The van der Waals surface area contributed by atoms with Crippen molar-refractivity contribution in [1.82, 2.24) is 14.7 Å². The van der Waals surface area contributed by atoms with Gasteiger partial charge in [0, 0.05) is 20.1 Å². The third-order valence-electron chi connectivity index (χ3n) is 3.84. The summed E-state index contributed by atoms with van der Waals surface area (Å²) in [6.07, 6.45) is 4.82. The second-order valence-corrected chi connectivity index (χ2v) is 5.88. The number of hydrogen-bond acceptors (Lipinski definition) is 3. The summed E-state index contributed by atoms with van der Waals surface area (Å²) in [5.41, 5.74) is 6.71. The van der Waals surface area contributed by atoms with Gasteiger partial charge in [0.2, 0.25) is 0 Å².